The van der Waals surface area contributed by atoms with Crippen LogP contribution in [-0.2, 0) is 4.74 Å². The third-order valence-corrected chi connectivity index (χ3v) is 3.52. The van der Waals surface area contributed by atoms with Gasteiger partial charge in [-0.15, -0.1) is 0 Å². The van der Waals surface area contributed by atoms with Gasteiger partial charge in [-0.3, -0.25) is 0 Å². The van der Waals surface area contributed by atoms with Crippen molar-refractivity contribution in [3.63, 3.8) is 0 Å². The van der Waals surface area contributed by atoms with Crippen molar-refractivity contribution < 1.29 is 9.53 Å². The topological polar surface area (TPSA) is 52.1 Å². The second kappa shape index (κ2) is 5.46. The van der Waals surface area contributed by atoms with Gasteiger partial charge in [0, 0.05) is 17.7 Å². The molecule has 1 aliphatic rings. The summed E-state index contributed by atoms with van der Waals surface area (Å²) in [5, 5.41) is 0. The van der Waals surface area contributed by atoms with Gasteiger partial charge >= 0.3 is 5.97 Å². The van der Waals surface area contributed by atoms with Crippen LogP contribution < -0.4 is 0 Å². The first kappa shape index (κ1) is 13.0. The molecule has 0 bridgehead atoms. The van der Waals surface area contributed by atoms with Gasteiger partial charge in [0.25, 0.3) is 0 Å². The Morgan fingerprint density at radius 2 is 2.28 bits per heavy atom. The van der Waals surface area contributed by atoms with E-state index in [0.29, 0.717) is 18.2 Å². The molecule has 0 aromatic carbocycles. The van der Waals surface area contributed by atoms with Crippen molar-refractivity contribution in [2.24, 2.45) is 5.92 Å². The van der Waals surface area contributed by atoms with Gasteiger partial charge < -0.3 is 4.74 Å². The zero-order valence-corrected chi connectivity index (χ0v) is 11.3. The molecule has 0 spiro atoms. The normalized spacial score (nSPS) is 23.1. The van der Waals surface area contributed by atoms with Crippen molar-refractivity contribution in [1.82, 2.24) is 9.97 Å². The molecule has 0 N–H and O–H groups in total. The Kier molecular flexibility index (Phi) is 3.94. The lowest BCUT2D eigenvalue weighted by Gasteiger charge is -2.11. The maximum Gasteiger partial charge on any atom is 0.357 e. The number of hydrogen-bond acceptors (Lipinski definition) is 4. The van der Waals surface area contributed by atoms with Gasteiger partial charge in [-0.2, -0.15) is 0 Å². The molecule has 1 aromatic heterocycles. The number of nitrogens with zero attached hydrogens (tertiary/aromatic N) is 2. The van der Waals surface area contributed by atoms with E-state index in [9.17, 15) is 4.79 Å². The Labute approximate surface area is 108 Å². The molecule has 2 atom stereocenters. The Morgan fingerprint density at radius 1 is 1.50 bits per heavy atom. The van der Waals surface area contributed by atoms with Crippen molar-refractivity contribution >= 4 is 5.97 Å². The quantitative estimate of drug-likeness (QED) is 0.772. The summed E-state index contributed by atoms with van der Waals surface area (Å²) >= 11 is 0. The molecule has 1 aromatic rings. The molecule has 18 heavy (non-hydrogen) atoms. The van der Waals surface area contributed by atoms with Crippen LogP contribution in [0.5, 0.6) is 0 Å². The fourth-order valence-corrected chi connectivity index (χ4v) is 2.50. The minimum atomic E-state index is -0.343. The second-order valence-electron chi connectivity index (χ2n) is 5.10. The van der Waals surface area contributed by atoms with Crippen LogP contribution in [0.4, 0.5) is 0 Å². The zero-order valence-electron chi connectivity index (χ0n) is 11.3. The molecule has 0 aliphatic heterocycles. The van der Waals surface area contributed by atoms with Gasteiger partial charge in [0.1, 0.15) is 5.82 Å². The Bertz CT molecular complexity index is 445. The number of esters is 1. The zero-order chi connectivity index (χ0) is 13.1. The molecular weight excluding hydrogens is 228 g/mol. The summed E-state index contributed by atoms with van der Waals surface area (Å²) in [4.78, 5) is 20.6. The van der Waals surface area contributed by atoms with Gasteiger partial charge in [0.05, 0.1) is 6.61 Å². The molecule has 1 fully saturated rings. The minimum Gasteiger partial charge on any atom is -0.461 e. The summed E-state index contributed by atoms with van der Waals surface area (Å²) in [5.41, 5.74) is 1.20. The van der Waals surface area contributed by atoms with Crippen LogP contribution >= 0.6 is 0 Å². The number of aryl methyl sites for hydroxylation is 1. The van der Waals surface area contributed by atoms with Crippen LogP contribution in [0.1, 0.15) is 60.9 Å². The maximum absolute atomic E-state index is 11.8. The predicted molar refractivity (Wildman–Crippen MR) is 68.5 cm³/mol. The SMILES string of the molecule is CCOC(=O)c1nc(C2CCC(C)C2)ncc1C. The van der Waals surface area contributed by atoms with E-state index in [1.165, 1.54) is 6.42 Å². The van der Waals surface area contributed by atoms with E-state index >= 15 is 0 Å². The number of carbonyl (C=O) groups excluding carboxylic acids is 1. The van der Waals surface area contributed by atoms with Crippen LogP contribution in [0.15, 0.2) is 6.20 Å². The molecule has 4 nitrogen and oxygen atoms in total. The van der Waals surface area contributed by atoms with E-state index in [1.54, 1.807) is 13.1 Å². The smallest absolute Gasteiger partial charge is 0.357 e. The van der Waals surface area contributed by atoms with Crippen LogP contribution in [0.2, 0.25) is 0 Å². The molecule has 2 unspecified atom stereocenters. The fourth-order valence-electron chi connectivity index (χ4n) is 2.50. The summed E-state index contributed by atoms with van der Waals surface area (Å²) in [5.74, 6) is 1.58. The average molecular weight is 248 g/mol. The van der Waals surface area contributed by atoms with Crippen molar-refractivity contribution in [2.75, 3.05) is 6.61 Å². The summed E-state index contributed by atoms with van der Waals surface area (Å²) in [6, 6.07) is 0. The number of carbonyl (C=O) groups is 1. The van der Waals surface area contributed by atoms with E-state index in [0.717, 1.165) is 30.1 Å². The molecule has 1 saturated carbocycles. The van der Waals surface area contributed by atoms with E-state index < -0.39 is 0 Å². The van der Waals surface area contributed by atoms with E-state index in [2.05, 4.69) is 16.9 Å². The Morgan fingerprint density at radius 3 is 2.89 bits per heavy atom. The van der Waals surface area contributed by atoms with Crippen LogP contribution in [0, 0.1) is 12.8 Å². The highest BCUT2D eigenvalue weighted by Gasteiger charge is 2.26. The first-order chi connectivity index (χ1) is 8.61. The van der Waals surface area contributed by atoms with Crippen molar-refractivity contribution in [1.29, 1.82) is 0 Å². The number of rotatable bonds is 3. The summed E-state index contributed by atoms with van der Waals surface area (Å²) < 4.78 is 5.02. The Balaban J connectivity index is 2.23. The van der Waals surface area contributed by atoms with Gasteiger partial charge in [-0.05, 0) is 39.0 Å². The highest BCUT2D eigenvalue weighted by Crippen LogP contribution is 2.36. The monoisotopic (exact) mass is 248 g/mol. The average Bonchev–Trinajstić information content (AvgIpc) is 2.77. The lowest BCUT2D eigenvalue weighted by atomic mass is 10.1. The van der Waals surface area contributed by atoms with E-state index in [4.69, 9.17) is 4.74 Å². The maximum atomic E-state index is 11.8. The second-order valence-corrected chi connectivity index (χ2v) is 5.10. The third-order valence-electron chi connectivity index (χ3n) is 3.52. The lowest BCUT2D eigenvalue weighted by Crippen LogP contribution is -2.13. The molecule has 2 rings (SSSR count). The van der Waals surface area contributed by atoms with Crippen LogP contribution in [-0.4, -0.2) is 22.5 Å². The molecule has 0 radical (unpaired) electrons. The van der Waals surface area contributed by atoms with E-state index in [1.807, 2.05) is 6.92 Å². The molecule has 1 aliphatic carbocycles. The molecule has 0 amide bonds. The van der Waals surface area contributed by atoms with Gasteiger partial charge in [0.2, 0.25) is 0 Å². The standard InChI is InChI=1S/C14H20N2O2/c1-4-18-14(17)12-10(3)8-15-13(16-12)11-6-5-9(2)7-11/h8-9,11H,4-7H2,1-3H3. The minimum absolute atomic E-state index is 0.343. The molecule has 1 heterocycles. The number of hydrogen-bond donors (Lipinski definition) is 0. The highest BCUT2D eigenvalue weighted by atomic mass is 16.5. The number of aromatic nitrogens is 2. The van der Waals surface area contributed by atoms with Crippen molar-refractivity contribution in [3.8, 4) is 0 Å². The van der Waals surface area contributed by atoms with Gasteiger partial charge in [-0.25, -0.2) is 14.8 Å². The fraction of sp³-hybridized carbons (Fsp3) is 0.643. The summed E-state index contributed by atoms with van der Waals surface area (Å²) in [6.45, 7) is 6.26. The van der Waals surface area contributed by atoms with Gasteiger partial charge in [0.15, 0.2) is 5.69 Å². The van der Waals surface area contributed by atoms with Crippen molar-refractivity contribution in [2.45, 2.75) is 46.0 Å². The van der Waals surface area contributed by atoms with E-state index in [-0.39, 0.29) is 5.97 Å². The lowest BCUT2D eigenvalue weighted by molar-refractivity contribution is 0.0517. The molecule has 0 saturated heterocycles. The largest absolute Gasteiger partial charge is 0.461 e. The molecule has 98 valence electrons. The predicted octanol–water partition coefficient (Wildman–Crippen LogP) is 2.87. The summed E-state index contributed by atoms with van der Waals surface area (Å²) in [7, 11) is 0. The Hall–Kier alpha value is -1.45. The van der Waals surface area contributed by atoms with Crippen LogP contribution in [0.25, 0.3) is 0 Å². The molecule has 4 heteroatoms. The highest BCUT2D eigenvalue weighted by molar-refractivity contribution is 5.88. The molecular formula is C14H20N2O2. The van der Waals surface area contributed by atoms with Gasteiger partial charge in [-0.1, -0.05) is 6.92 Å². The summed E-state index contributed by atoms with van der Waals surface area (Å²) in [6.07, 6.45) is 5.19. The first-order valence-electron chi connectivity index (χ1n) is 6.62. The van der Waals surface area contributed by atoms with Crippen LogP contribution in [0.3, 0.4) is 0 Å². The van der Waals surface area contributed by atoms with Crippen molar-refractivity contribution in [3.05, 3.63) is 23.3 Å². The third kappa shape index (κ3) is 2.68. The first-order valence-corrected chi connectivity index (χ1v) is 6.62. The number of ether oxygens (including phenoxy) is 1.